The number of aliphatic hydroxyl groups excluding tert-OH is 11. The van der Waals surface area contributed by atoms with Crippen LogP contribution in [0, 0.1) is 0 Å². The van der Waals surface area contributed by atoms with Gasteiger partial charge in [0.05, 0.1) is 38.6 Å². The fraction of sp³-hybridized carbons (Fsp3) is 0.881. The third kappa shape index (κ3) is 26.5. The lowest BCUT2D eigenvalue weighted by Crippen LogP contribution is -2.66. The molecule has 3 fully saturated rings. The van der Waals surface area contributed by atoms with Crippen LogP contribution in [0.5, 0.6) is 0 Å². The fourth-order valence-corrected chi connectivity index (χ4v) is 10.2. The number of carbonyl (C=O) groups is 1. The van der Waals surface area contributed by atoms with E-state index in [9.17, 15) is 61.0 Å². The average Bonchev–Trinajstić information content (AvgIpc) is 3.48. The van der Waals surface area contributed by atoms with Gasteiger partial charge in [-0.3, -0.25) is 4.79 Å². The van der Waals surface area contributed by atoms with Gasteiger partial charge in [0.25, 0.3) is 0 Å². The van der Waals surface area contributed by atoms with Crippen molar-refractivity contribution in [2.24, 2.45) is 0 Å². The third-order valence-electron chi connectivity index (χ3n) is 15.2. The van der Waals surface area contributed by atoms with E-state index in [1.165, 1.54) is 128 Å². The Morgan fingerprint density at radius 1 is 0.449 bits per heavy atom. The molecular weight excluding hydrogens is 1010 g/mol. The maximum Gasteiger partial charge on any atom is 0.220 e. The number of unbranched alkanes of at least 4 members (excludes halogenated alkanes) is 24. The van der Waals surface area contributed by atoms with Gasteiger partial charge >= 0.3 is 0 Å². The topological polar surface area (TPSA) is 307 Å². The van der Waals surface area contributed by atoms with Crippen molar-refractivity contribution < 1.29 is 89.4 Å². The second-order valence-corrected chi connectivity index (χ2v) is 21.8. The number of ether oxygens (including phenoxy) is 6. The molecule has 0 saturated carbocycles. The number of aliphatic hydroxyl groups is 11. The van der Waals surface area contributed by atoms with Gasteiger partial charge in [-0.2, -0.15) is 0 Å². The number of amides is 1. The smallest absolute Gasteiger partial charge is 0.220 e. The van der Waals surface area contributed by atoms with Gasteiger partial charge in [-0.05, 0) is 44.9 Å². The first-order valence-electron chi connectivity index (χ1n) is 30.2. The molecular formula is C59H107NO18. The second kappa shape index (κ2) is 42.8. The van der Waals surface area contributed by atoms with Crippen LogP contribution in [0.3, 0.4) is 0 Å². The highest BCUT2D eigenvalue weighted by Gasteiger charge is 2.53. The van der Waals surface area contributed by atoms with Crippen molar-refractivity contribution in [3.63, 3.8) is 0 Å². The van der Waals surface area contributed by atoms with Gasteiger partial charge in [0.1, 0.15) is 73.2 Å². The molecule has 3 saturated heterocycles. The van der Waals surface area contributed by atoms with Gasteiger partial charge in [0.15, 0.2) is 18.9 Å². The van der Waals surface area contributed by atoms with Crippen molar-refractivity contribution in [1.29, 1.82) is 0 Å². The molecule has 19 heteroatoms. The lowest BCUT2D eigenvalue weighted by molar-refractivity contribution is -0.379. The number of rotatable bonds is 44. The predicted molar refractivity (Wildman–Crippen MR) is 296 cm³/mol. The Kier molecular flexibility index (Phi) is 38.5. The van der Waals surface area contributed by atoms with Crippen LogP contribution >= 0.6 is 0 Å². The van der Waals surface area contributed by atoms with Gasteiger partial charge < -0.3 is 89.9 Å². The van der Waals surface area contributed by atoms with Gasteiger partial charge in [0, 0.05) is 6.42 Å². The number of allylic oxidation sites excluding steroid dienone is 5. The van der Waals surface area contributed by atoms with Crippen molar-refractivity contribution in [3.8, 4) is 0 Å². The molecule has 78 heavy (non-hydrogen) atoms. The Bertz CT molecular complexity index is 1570. The molecule has 0 aliphatic carbocycles. The molecule has 0 aromatic heterocycles. The molecule has 17 unspecified atom stereocenters. The molecule has 17 atom stereocenters. The van der Waals surface area contributed by atoms with Crippen LogP contribution in [0.1, 0.15) is 200 Å². The summed E-state index contributed by atoms with van der Waals surface area (Å²) < 4.78 is 34.0. The standard InChI is InChI=1S/C59H107NO18/c1-3-5-7-8-9-10-11-12-13-14-15-16-17-18-19-20-21-22-23-24-25-26-27-28-29-30-31-32-33-35-36-43(64)42(60-47(65)37-34-6-4-2)41-73-57-53(71)50(68)55(45(39-62)75-57)78-59-54(72)51(69)56(46(40-63)76-59)77-58-52(70)49(67)48(66)44(38-61)74-58/h26-27,30-31,35-36,42-46,48-59,61-64,66-72H,3-25,28-29,32-34,37-41H2,1-2H3,(H,60,65)/b27-26+,31-30+,36-35+. The molecule has 0 radical (unpaired) electrons. The van der Waals surface area contributed by atoms with Crippen LogP contribution < -0.4 is 5.32 Å². The van der Waals surface area contributed by atoms with Crippen LogP contribution in [0.25, 0.3) is 0 Å². The quantitative estimate of drug-likeness (QED) is 0.0271. The van der Waals surface area contributed by atoms with E-state index < -0.39 is 124 Å². The summed E-state index contributed by atoms with van der Waals surface area (Å²) in [6.45, 7) is 1.49. The minimum Gasteiger partial charge on any atom is -0.394 e. The Morgan fingerprint density at radius 2 is 0.821 bits per heavy atom. The molecule has 3 aliphatic heterocycles. The largest absolute Gasteiger partial charge is 0.394 e. The van der Waals surface area contributed by atoms with E-state index in [0.717, 1.165) is 38.5 Å². The molecule has 0 aromatic rings. The zero-order valence-electron chi connectivity index (χ0n) is 47.4. The Hall–Kier alpha value is -1.99. The molecule has 0 aromatic carbocycles. The first-order chi connectivity index (χ1) is 37.8. The highest BCUT2D eigenvalue weighted by atomic mass is 16.8. The van der Waals surface area contributed by atoms with Gasteiger partial charge in [-0.1, -0.05) is 185 Å². The number of nitrogens with one attached hydrogen (secondary N) is 1. The highest BCUT2D eigenvalue weighted by molar-refractivity contribution is 5.76. The summed E-state index contributed by atoms with van der Waals surface area (Å²) >= 11 is 0. The van der Waals surface area contributed by atoms with Crippen molar-refractivity contribution in [3.05, 3.63) is 36.5 Å². The summed E-state index contributed by atoms with van der Waals surface area (Å²) in [7, 11) is 0. The molecule has 3 rings (SSSR count). The molecule has 1 amide bonds. The maximum atomic E-state index is 12.9. The van der Waals surface area contributed by atoms with Gasteiger partial charge in [-0.25, -0.2) is 0 Å². The molecule has 0 bridgehead atoms. The first-order valence-corrected chi connectivity index (χ1v) is 30.2. The summed E-state index contributed by atoms with van der Waals surface area (Å²) in [6, 6.07) is -0.989. The van der Waals surface area contributed by atoms with E-state index in [2.05, 4.69) is 36.5 Å². The number of hydrogen-bond donors (Lipinski definition) is 12. The van der Waals surface area contributed by atoms with Crippen LogP contribution in [-0.4, -0.2) is 193 Å². The van der Waals surface area contributed by atoms with E-state index in [1.54, 1.807) is 6.08 Å². The molecule has 456 valence electrons. The molecule has 0 spiro atoms. The molecule has 3 heterocycles. The SMILES string of the molecule is CCCCCCCCCCCCCCCCCCCCCC/C=C/CC/C=C/CC/C=C/C(O)C(COC1OC(CO)C(OC2OC(CO)C(OC3OC(CO)C(O)C(O)C3O)C(O)C2O)C(O)C1O)NC(=O)CCCCC. The lowest BCUT2D eigenvalue weighted by Gasteiger charge is -2.48. The van der Waals surface area contributed by atoms with E-state index in [0.29, 0.717) is 12.8 Å². The lowest BCUT2D eigenvalue weighted by atomic mass is 9.96. The van der Waals surface area contributed by atoms with Crippen molar-refractivity contribution in [2.75, 3.05) is 26.4 Å². The zero-order chi connectivity index (χ0) is 56.9. The van der Waals surface area contributed by atoms with Crippen LogP contribution in [0.4, 0.5) is 0 Å². The summed E-state index contributed by atoms with van der Waals surface area (Å²) in [6.07, 6.45) is 20.1. The summed E-state index contributed by atoms with van der Waals surface area (Å²) in [5, 5.41) is 119. The average molecular weight is 1120 g/mol. The Morgan fingerprint density at radius 3 is 1.28 bits per heavy atom. The normalized spacial score (nSPS) is 30.7. The fourth-order valence-electron chi connectivity index (χ4n) is 10.2. The van der Waals surface area contributed by atoms with Gasteiger partial charge in [0.2, 0.25) is 5.91 Å². The summed E-state index contributed by atoms with van der Waals surface area (Å²) in [4.78, 5) is 12.9. The highest BCUT2D eigenvalue weighted by Crippen LogP contribution is 2.33. The first kappa shape index (κ1) is 70.3. The Labute approximate surface area is 466 Å². The zero-order valence-corrected chi connectivity index (χ0v) is 47.4. The monoisotopic (exact) mass is 1120 g/mol. The number of carbonyl (C=O) groups excluding carboxylic acids is 1. The second-order valence-electron chi connectivity index (χ2n) is 21.8. The third-order valence-corrected chi connectivity index (χ3v) is 15.2. The predicted octanol–water partition coefficient (Wildman–Crippen LogP) is 5.32. The van der Waals surface area contributed by atoms with Crippen LogP contribution in [0.15, 0.2) is 36.5 Å². The van der Waals surface area contributed by atoms with Gasteiger partial charge in [-0.15, -0.1) is 0 Å². The van der Waals surface area contributed by atoms with E-state index in [1.807, 2.05) is 13.0 Å². The van der Waals surface area contributed by atoms with Crippen molar-refractivity contribution in [2.45, 2.75) is 304 Å². The molecule has 12 N–H and O–H groups in total. The van der Waals surface area contributed by atoms with E-state index in [4.69, 9.17) is 28.4 Å². The molecule has 3 aliphatic rings. The number of hydrogen-bond acceptors (Lipinski definition) is 18. The summed E-state index contributed by atoms with van der Waals surface area (Å²) in [5.41, 5.74) is 0. The molecule has 19 nitrogen and oxygen atoms in total. The minimum absolute atomic E-state index is 0.217. The van der Waals surface area contributed by atoms with Crippen molar-refractivity contribution in [1.82, 2.24) is 5.32 Å². The van der Waals surface area contributed by atoms with Crippen LogP contribution in [-0.2, 0) is 33.2 Å². The maximum absolute atomic E-state index is 12.9. The van der Waals surface area contributed by atoms with E-state index in [-0.39, 0.29) is 18.9 Å². The van der Waals surface area contributed by atoms with E-state index >= 15 is 0 Å². The van der Waals surface area contributed by atoms with Crippen molar-refractivity contribution >= 4 is 5.91 Å². The minimum atomic E-state index is -1.98. The Balaban J connectivity index is 1.35. The summed E-state index contributed by atoms with van der Waals surface area (Å²) in [5.74, 6) is -0.315. The van der Waals surface area contributed by atoms with Crippen LogP contribution in [0.2, 0.25) is 0 Å².